The largest absolute Gasteiger partial charge is 0.496 e. The molecule has 0 aromatic heterocycles. The first-order valence-corrected chi connectivity index (χ1v) is 9.54. The second-order valence-electron chi connectivity index (χ2n) is 8.73. The van der Waals surface area contributed by atoms with Crippen LogP contribution in [0, 0.1) is 0 Å². The predicted molar refractivity (Wildman–Crippen MR) is 115 cm³/mol. The molecule has 0 bridgehead atoms. The zero-order chi connectivity index (χ0) is 20.7. The topological polar surface area (TPSA) is 38.8 Å². The van der Waals surface area contributed by atoms with Gasteiger partial charge in [-0.05, 0) is 70.9 Å². The van der Waals surface area contributed by atoms with Crippen molar-refractivity contribution in [3.05, 3.63) is 54.1 Å². The first-order valence-electron chi connectivity index (χ1n) is 9.54. The van der Waals surface area contributed by atoms with Gasteiger partial charge < -0.3 is 9.47 Å². The Hall–Kier alpha value is -2.75. The molecule has 1 aliphatic heterocycles. The lowest BCUT2D eigenvalue weighted by molar-refractivity contribution is 0.0556. The first-order chi connectivity index (χ1) is 13.0. The van der Waals surface area contributed by atoms with Gasteiger partial charge in [0.15, 0.2) is 0 Å². The molecule has 28 heavy (non-hydrogen) atoms. The Kier molecular flexibility index (Phi) is 5.00. The number of anilines is 1. The minimum Gasteiger partial charge on any atom is -0.496 e. The third-order valence-corrected chi connectivity index (χ3v) is 4.80. The van der Waals surface area contributed by atoms with E-state index in [0.29, 0.717) is 0 Å². The van der Waals surface area contributed by atoms with Crippen molar-refractivity contribution in [1.29, 1.82) is 0 Å². The summed E-state index contributed by atoms with van der Waals surface area (Å²) in [5, 5.41) is 0. The summed E-state index contributed by atoms with van der Waals surface area (Å²) < 4.78 is 11.2. The summed E-state index contributed by atoms with van der Waals surface area (Å²) in [6.45, 7) is 11.8. The number of carbonyl (C=O) groups is 1. The standard InChI is InChI=1S/C24H29NO3/c1-16-15-24(5,6)25(22(26)28-23(2,3)4)20-13-12-17(14-19(16)20)18-10-8-9-11-21(18)27-7/h8-15H,1-7H3. The summed E-state index contributed by atoms with van der Waals surface area (Å²) in [6.07, 6.45) is 1.78. The van der Waals surface area contributed by atoms with Crippen LogP contribution in [0.3, 0.4) is 0 Å². The molecule has 1 heterocycles. The van der Waals surface area contributed by atoms with Crippen LogP contribution in [-0.2, 0) is 4.74 Å². The van der Waals surface area contributed by atoms with Crippen LogP contribution in [0.2, 0.25) is 0 Å². The van der Waals surface area contributed by atoms with Crippen LogP contribution in [0.5, 0.6) is 5.75 Å². The fraction of sp³-hybridized carbons (Fsp3) is 0.375. The van der Waals surface area contributed by atoms with Crippen molar-refractivity contribution in [3.8, 4) is 16.9 Å². The molecule has 4 heteroatoms. The van der Waals surface area contributed by atoms with Gasteiger partial charge in [-0.15, -0.1) is 0 Å². The van der Waals surface area contributed by atoms with E-state index in [4.69, 9.17) is 9.47 Å². The van der Waals surface area contributed by atoms with Crippen molar-refractivity contribution in [2.45, 2.75) is 52.7 Å². The van der Waals surface area contributed by atoms with E-state index in [-0.39, 0.29) is 6.09 Å². The number of hydrogen-bond donors (Lipinski definition) is 0. The average molecular weight is 380 g/mol. The number of nitrogens with zero attached hydrogens (tertiary/aromatic N) is 1. The Balaban J connectivity index is 2.12. The maximum atomic E-state index is 13.0. The first kappa shape index (κ1) is 20.0. The van der Waals surface area contributed by atoms with Crippen LogP contribution < -0.4 is 9.64 Å². The van der Waals surface area contributed by atoms with E-state index in [2.05, 4.69) is 19.1 Å². The SMILES string of the molecule is COc1ccccc1-c1ccc2c(c1)C(C)=CC(C)(C)N2C(=O)OC(C)(C)C. The van der Waals surface area contributed by atoms with E-state index in [9.17, 15) is 4.79 Å². The predicted octanol–water partition coefficient (Wildman–Crippen LogP) is 6.30. The Labute approximate surface area is 167 Å². The number of methoxy groups -OCH3 is 1. The van der Waals surface area contributed by atoms with Gasteiger partial charge in [-0.25, -0.2) is 4.79 Å². The Bertz CT molecular complexity index is 935. The number of allylic oxidation sites excluding steroid dienone is 1. The van der Waals surface area contributed by atoms with Gasteiger partial charge in [0.1, 0.15) is 11.4 Å². The summed E-state index contributed by atoms with van der Waals surface area (Å²) in [5.41, 5.74) is 4.05. The van der Waals surface area contributed by atoms with Crippen LogP contribution in [0.25, 0.3) is 16.7 Å². The molecule has 4 nitrogen and oxygen atoms in total. The lowest BCUT2D eigenvalue weighted by atomic mass is 9.87. The van der Waals surface area contributed by atoms with Crippen LogP contribution >= 0.6 is 0 Å². The average Bonchev–Trinajstić information content (AvgIpc) is 2.59. The number of amides is 1. The normalized spacial score (nSPS) is 15.5. The van der Waals surface area contributed by atoms with E-state index in [1.165, 1.54) is 0 Å². The zero-order valence-corrected chi connectivity index (χ0v) is 17.8. The van der Waals surface area contributed by atoms with Crippen LogP contribution in [0.4, 0.5) is 10.5 Å². The maximum absolute atomic E-state index is 13.0. The van der Waals surface area contributed by atoms with E-state index in [1.807, 2.05) is 71.0 Å². The van der Waals surface area contributed by atoms with Gasteiger partial charge in [0.2, 0.25) is 0 Å². The quantitative estimate of drug-likeness (QED) is 0.615. The van der Waals surface area contributed by atoms with Crippen molar-refractivity contribution in [3.63, 3.8) is 0 Å². The summed E-state index contributed by atoms with van der Waals surface area (Å²) in [7, 11) is 1.68. The molecule has 0 unspecified atom stereocenters. The van der Waals surface area contributed by atoms with Gasteiger partial charge in [-0.2, -0.15) is 0 Å². The van der Waals surface area contributed by atoms with Gasteiger partial charge in [-0.1, -0.05) is 30.3 Å². The smallest absolute Gasteiger partial charge is 0.415 e. The molecule has 0 saturated heterocycles. The van der Waals surface area contributed by atoms with Crippen molar-refractivity contribution in [2.24, 2.45) is 0 Å². The van der Waals surface area contributed by atoms with E-state index in [1.54, 1.807) is 12.0 Å². The fourth-order valence-corrected chi connectivity index (χ4v) is 3.72. The van der Waals surface area contributed by atoms with Gasteiger partial charge in [0.25, 0.3) is 0 Å². The van der Waals surface area contributed by atoms with Crippen molar-refractivity contribution >= 4 is 17.4 Å². The summed E-state index contributed by atoms with van der Waals surface area (Å²) in [4.78, 5) is 14.8. The molecule has 2 aromatic carbocycles. The maximum Gasteiger partial charge on any atom is 0.415 e. The Morgan fingerprint density at radius 2 is 1.71 bits per heavy atom. The van der Waals surface area contributed by atoms with Crippen molar-refractivity contribution < 1.29 is 14.3 Å². The molecule has 2 aromatic rings. The summed E-state index contributed by atoms with van der Waals surface area (Å²) in [6, 6.07) is 14.1. The molecule has 0 aliphatic carbocycles. The molecule has 0 radical (unpaired) electrons. The van der Waals surface area contributed by atoms with E-state index >= 15 is 0 Å². The monoisotopic (exact) mass is 379 g/mol. The van der Waals surface area contributed by atoms with Crippen molar-refractivity contribution in [2.75, 3.05) is 12.0 Å². The van der Waals surface area contributed by atoms with Gasteiger partial charge >= 0.3 is 6.09 Å². The second kappa shape index (κ2) is 7.01. The number of para-hydroxylation sites is 1. The molecule has 0 N–H and O–H groups in total. The molecular formula is C24H29NO3. The van der Waals surface area contributed by atoms with Gasteiger partial charge in [-0.3, -0.25) is 4.90 Å². The second-order valence-corrected chi connectivity index (χ2v) is 8.73. The minimum absolute atomic E-state index is 0.340. The number of hydrogen-bond acceptors (Lipinski definition) is 3. The van der Waals surface area contributed by atoms with Crippen LogP contribution in [0.1, 0.15) is 47.1 Å². The lowest BCUT2D eigenvalue weighted by Crippen LogP contribution is -2.50. The highest BCUT2D eigenvalue weighted by atomic mass is 16.6. The molecule has 0 spiro atoms. The number of fused-ring (bicyclic) bond motifs is 1. The Morgan fingerprint density at radius 1 is 1.04 bits per heavy atom. The molecule has 0 fully saturated rings. The van der Waals surface area contributed by atoms with E-state index in [0.717, 1.165) is 33.7 Å². The molecule has 3 rings (SSSR count). The molecule has 1 amide bonds. The fourth-order valence-electron chi connectivity index (χ4n) is 3.72. The summed E-state index contributed by atoms with van der Waals surface area (Å²) in [5.74, 6) is 0.823. The van der Waals surface area contributed by atoms with Crippen LogP contribution in [-0.4, -0.2) is 24.3 Å². The highest BCUT2D eigenvalue weighted by molar-refractivity contribution is 5.98. The molecular weight excluding hydrogens is 350 g/mol. The molecule has 1 aliphatic rings. The van der Waals surface area contributed by atoms with Crippen molar-refractivity contribution in [1.82, 2.24) is 0 Å². The number of rotatable bonds is 2. The lowest BCUT2D eigenvalue weighted by Gasteiger charge is -2.41. The minimum atomic E-state index is -0.555. The third kappa shape index (κ3) is 3.77. The number of benzene rings is 2. The van der Waals surface area contributed by atoms with E-state index < -0.39 is 11.1 Å². The molecule has 148 valence electrons. The highest BCUT2D eigenvalue weighted by Gasteiger charge is 2.38. The molecule has 0 atom stereocenters. The van der Waals surface area contributed by atoms with Gasteiger partial charge in [0, 0.05) is 11.1 Å². The van der Waals surface area contributed by atoms with Gasteiger partial charge in [0.05, 0.1) is 18.3 Å². The van der Waals surface area contributed by atoms with Crippen LogP contribution in [0.15, 0.2) is 48.5 Å². The molecule has 0 saturated carbocycles. The summed E-state index contributed by atoms with van der Waals surface area (Å²) >= 11 is 0. The number of ether oxygens (including phenoxy) is 2. The zero-order valence-electron chi connectivity index (χ0n) is 17.8. The highest BCUT2D eigenvalue weighted by Crippen LogP contribution is 2.42. The third-order valence-electron chi connectivity index (χ3n) is 4.80. The number of carbonyl (C=O) groups excluding carboxylic acids is 1. The Morgan fingerprint density at radius 3 is 2.36 bits per heavy atom.